The summed E-state index contributed by atoms with van der Waals surface area (Å²) in [6.45, 7) is 0. The zero-order valence-electron chi connectivity index (χ0n) is 13.0. The summed E-state index contributed by atoms with van der Waals surface area (Å²) in [7, 11) is 0. The fourth-order valence-electron chi connectivity index (χ4n) is 2.95. The van der Waals surface area contributed by atoms with E-state index in [0.717, 1.165) is 10.1 Å². The maximum atomic E-state index is 14.0. The van der Waals surface area contributed by atoms with Gasteiger partial charge in [0.1, 0.15) is 5.71 Å². The highest BCUT2D eigenvalue weighted by atomic mass is 35.5. The third-order valence-electron chi connectivity index (χ3n) is 4.22. The largest absolute Gasteiger partial charge is 0.435 e. The lowest BCUT2D eigenvalue weighted by molar-refractivity contribution is -0.275. The minimum atomic E-state index is -4.69. The van der Waals surface area contributed by atoms with Crippen LogP contribution in [0.3, 0.4) is 0 Å². The Kier molecular flexibility index (Phi) is 4.17. The maximum Gasteiger partial charge on any atom is 0.435 e. The molecule has 2 nitrogen and oxygen atoms in total. The van der Waals surface area contributed by atoms with Crippen molar-refractivity contribution < 1.29 is 18.0 Å². The Morgan fingerprint density at radius 1 is 1.04 bits per heavy atom. The molecule has 0 amide bonds. The van der Waals surface area contributed by atoms with E-state index in [1.165, 1.54) is 29.5 Å². The number of hydrogen-bond acceptors (Lipinski definition) is 3. The van der Waals surface area contributed by atoms with Crippen LogP contribution < -0.4 is 0 Å². The van der Waals surface area contributed by atoms with E-state index < -0.39 is 18.2 Å². The molecule has 2 heterocycles. The highest BCUT2D eigenvalue weighted by Gasteiger charge is 2.62. The Morgan fingerprint density at radius 3 is 2.38 bits per heavy atom. The molecular weight excluding hydrogens is 406 g/mol. The number of benzene rings is 2. The first-order chi connectivity index (χ1) is 12.3. The van der Waals surface area contributed by atoms with Crippen molar-refractivity contribution in [2.24, 2.45) is 5.16 Å². The molecule has 8 heteroatoms. The average Bonchev–Trinajstić information content (AvgIpc) is 3.18. The van der Waals surface area contributed by atoms with Crippen LogP contribution in [0.5, 0.6) is 0 Å². The quantitative estimate of drug-likeness (QED) is 0.451. The number of alkyl halides is 3. The number of nitrogens with zero attached hydrogens (tertiary/aromatic N) is 1. The Balaban J connectivity index is 1.77. The molecule has 3 aromatic rings. The van der Waals surface area contributed by atoms with E-state index in [-0.39, 0.29) is 21.3 Å². The van der Waals surface area contributed by atoms with Gasteiger partial charge in [0.15, 0.2) is 0 Å². The van der Waals surface area contributed by atoms with Crippen LogP contribution in [-0.4, -0.2) is 11.9 Å². The molecule has 0 saturated carbocycles. The molecular formula is C18H10Cl2F3NOS. The Morgan fingerprint density at radius 2 is 1.73 bits per heavy atom. The molecule has 1 aromatic heterocycles. The number of oxime groups is 1. The van der Waals surface area contributed by atoms with Crippen LogP contribution in [0.1, 0.15) is 16.9 Å². The van der Waals surface area contributed by atoms with Gasteiger partial charge < -0.3 is 4.84 Å². The summed E-state index contributed by atoms with van der Waals surface area (Å²) in [4.78, 5) is 5.66. The molecule has 1 unspecified atom stereocenters. The zero-order valence-corrected chi connectivity index (χ0v) is 15.3. The molecule has 0 radical (unpaired) electrons. The molecule has 0 N–H and O–H groups in total. The predicted octanol–water partition coefficient (Wildman–Crippen LogP) is 6.79. The molecule has 1 atom stereocenters. The van der Waals surface area contributed by atoms with Crippen LogP contribution in [0.4, 0.5) is 13.2 Å². The van der Waals surface area contributed by atoms with Gasteiger partial charge in [0.2, 0.25) is 0 Å². The van der Waals surface area contributed by atoms with Crippen LogP contribution in [0.25, 0.3) is 10.1 Å². The van der Waals surface area contributed by atoms with Crippen LogP contribution in [0.2, 0.25) is 10.0 Å². The smallest absolute Gasteiger partial charge is 0.374 e. The van der Waals surface area contributed by atoms with Crippen LogP contribution >= 0.6 is 34.5 Å². The molecule has 0 aliphatic carbocycles. The number of rotatable bonds is 2. The zero-order chi connectivity index (χ0) is 18.5. The second kappa shape index (κ2) is 6.15. The van der Waals surface area contributed by atoms with Gasteiger partial charge in [-0.2, -0.15) is 13.2 Å². The van der Waals surface area contributed by atoms with E-state index in [9.17, 15) is 13.2 Å². The summed E-state index contributed by atoms with van der Waals surface area (Å²) in [5, 5.41) is 4.94. The molecule has 1 aliphatic heterocycles. The molecule has 0 bridgehead atoms. The first-order valence-corrected chi connectivity index (χ1v) is 9.13. The number of hydrogen-bond donors (Lipinski definition) is 0. The number of thiophene rings is 1. The van der Waals surface area contributed by atoms with Crippen molar-refractivity contribution in [3.8, 4) is 0 Å². The Bertz CT molecular complexity index is 977. The summed E-state index contributed by atoms with van der Waals surface area (Å²) >= 11 is 13.2. The summed E-state index contributed by atoms with van der Waals surface area (Å²) in [5.74, 6) is 0. The van der Waals surface area contributed by atoms with Crippen molar-refractivity contribution in [1.82, 2.24) is 0 Å². The minimum Gasteiger partial charge on any atom is -0.374 e. The van der Waals surface area contributed by atoms with Crippen molar-refractivity contribution in [1.29, 1.82) is 0 Å². The number of fused-ring (bicyclic) bond motifs is 1. The van der Waals surface area contributed by atoms with Gasteiger partial charge in [0.05, 0.1) is 11.3 Å². The first kappa shape index (κ1) is 17.6. The molecule has 1 aliphatic rings. The second-order valence-corrected chi connectivity index (χ2v) is 7.89. The molecule has 0 fully saturated rings. The van der Waals surface area contributed by atoms with Gasteiger partial charge in [0, 0.05) is 20.3 Å². The highest BCUT2D eigenvalue weighted by molar-refractivity contribution is 7.20. The van der Waals surface area contributed by atoms with Crippen molar-refractivity contribution in [2.75, 3.05) is 0 Å². The standard InChI is InChI=1S/C18H10Cl2F3NOS/c19-12-6-11(7-13(20)8-12)17(18(21,22)23)9-14(24-25-17)16-5-10-3-1-2-4-15(10)26-16/h1-8H,9H2. The van der Waals surface area contributed by atoms with Crippen molar-refractivity contribution in [3.63, 3.8) is 0 Å². The van der Waals surface area contributed by atoms with Crippen LogP contribution in [-0.2, 0) is 10.4 Å². The summed E-state index contributed by atoms with van der Waals surface area (Å²) < 4.78 is 42.9. The van der Waals surface area contributed by atoms with E-state index in [2.05, 4.69) is 5.16 Å². The van der Waals surface area contributed by atoms with Gasteiger partial charge >= 0.3 is 6.18 Å². The normalized spacial score (nSPS) is 20.3. The first-order valence-electron chi connectivity index (χ1n) is 7.56. The topological polar surface area (TPSA) is 21.6 Å². The van der Waals surface area contributed by atoms with Gasteiger partial charge in [-0.3, -0.25) is 0 Å². The van der Waals surface area contributed by atoms with E-state index in [0.29, 0.717) is 4.88 Å². The molecule has 0 spiro atoms. The summed E-state index contributed by atoms with van der Waals surface area (Å²) in [6.07, 6.45) is -5.14. The Hall–Kier alpha value is -1.76. The van der Waals surface area contributed by atoms with Gasteiger partial charge in [-0.05, 0) is 35.7 Å². The molecule has 26 heavy (non-hydrogen) atoms. The minimum absolute atomic E-state index is 0.107. The van der Waals surface area contributed by atoms with Gasteiger partial charge in [-0.15, -0.1) is 11.3 Å². The Labute approximate surface area is 160 Å². The van der Waals surface area contributed by atoms with E-state index in [4.69, 9.17) is 28.0 Å². The third kappa shape index (κ3) is 2.86. The van der Waals surface area contributed by atoms with Crippen LogP contribution in [0, 0.1) is 0 Å². The molecule has 2 aromatic carbocycles. The predicted molar refractivity (Wildman–Crippen MR) is 98.3 cm³/mol. The summed E-state index contributed by atoms with van der Waals surface area (Å²) in [5.41, 5.74) is -2.52. The van der Waals surface area contributed by atoms with Crippen molar-refractivity contribution in [2.45, 2.75) is 18.2 Å². The SMILES string of the molecule is FC(F)(F)C1(c2cc(Cl)cc(Cl)c2)CC(c2cc3ccccc3s2)=NO1. The van der Waals surface area contributed by atoms with Crippen molar-refractivity contribution >= 4 is 50.3 Å². The lowest BCUT2D eigenvalue weighted by Gasteiger charge is -2.29. The van der Waals surface area contributed by atoms with Gasteiger partial charge in [0.25, 0.3) is 5.60 Å². The molecule has 134 valence electrons. The second-order valence-electron chi connectivity index (χ2n) is 5.94. The fourth-order valence-corrected chi connectivity index (χ4v) is 4.51. The average molecular weight is 416 g/mol. The monoisotopic (exact) mass is 415 g/mol. The van der Waals surface area contributed by atoms with Gasteiger partial charge in [-0.25, -0.2) is 0 Å². The fraction of sp³-hybridized carbons (Fsp3) is 0.167. The van der Waals surface area contributed by atoms with E-state index in [1.54, 1.807) is 0 Å². The van der Waals surface area contributed by atoms with Crippen LogP contribution in [0.15, 0.2) is 53.7 Å². The highest BCUT2D eigenvalue weighted by Crippen LogP contribution is 2.50. The lowest BCUT2D eigenvalue weighted by Crippen LogP contribution is -2.42. The third-order valence-corrected chi connectivity index (χ3v) is 5.83. The molecule has 4 rings (SSSR count). The van der Waals surface area contributed by atoms with E-state index in [1.807, 2.05) is 30.3 Å². The van der Waals surface area contributed by atoms with E-state index >= 15 is 0 Å². The molecule has 0 saturated heterocycles. The maximum absolute atomic E-state index is 14.0. The van der Waals surface area contributed by atoms with Gasteiger partial charge in [-0.1, -0.05) is 46.6 Å². The number of halogens is 5. The van der Waals surface area contributed by atoms with Crippen molar-refractivity contribution in [3.05, 3.63) is 69.0 Å². The lowest BCUT2D eigenvalue weighted by atomic mass is 9.88. The summed E-state index contributed by atoms with van der Waals surface area (Å²) in [6, 6.07) is 13.2.